The Morgan fingerprint density at radius 3 is 2.77 bits per heavy atom. The first-order chi connectivity index (χ1) is 14.7. The molecular formula is C25H34N2O3. The van der Waals surface area contributed by atoms with Crippen molar-refractivity contribution in [1.29, 1.82) is 0 Å². The maximum Gasteiger partial charge on any atom is 0.220 e. The molecule has 2 aromatic rings. The molecule has 0 radical (unpaired) electrons. The molecule has 1 unspecified atom stereocenters. The number of rotatable bonds is 8. The van der Waals surface area contributed by atoms with Crippen LogP contribution in [0, 0.1) is 12.8 Å². The molecule has 1 atom stereocenters. The number of likely N-dealkylation sites (tertiary alicyclic amines) is 1. The summed E-state index contributed by atoms with van der Waals surface area (Å²) in [7, 11) is 0. The lowest BCUT2D eigenvalue weighted by atomic mass is 9.91. The van der Waals surface area contributed by atoms with E-state index in [0.29, 0.717) is 18.9 Å². The van der Waals surface area contributed by atoms with Gasteiger partial charge in [0.05, 0.1) is 6.10 Å². The lowest BCUT2D eigenvalue weighted by molar-refractivity contribution is -0.122. The molecule has 3 heterocycles. The van der Waals surface area contributed by atoms with Gasteiger partial charge in [0, 0.05) is 31.7 Å². The number of benzene rings is 1. The summed E-state index contributed by atoms with van der Waals surface area (Å²) in [5.74, 6) is 2.72. The molecule has 1 N–H and O–H groups in total. The van der Waals surface area contributed by atoms with E-state index in [-0.39, 0.29) is 12.0 Å². The summed E-state index contributed by atoms with van der Waals surface area (Å²) in [6.45, 7) is 6.67. The van der Waals surface area contributed by atoms with Gasteiger partial charge in [-0.1, -0.05) is 18.2 Å². The molecule has 5 heteroatoms. The summed E-state index contributed by atoms with van der Waals surface area (Å²) in [4.78, 5) is 14.6. The topological polar surface area (TPSA) is 54.7 Å². The molecule has 0 bridgehead atoms. The molecule has 2 fully saturated rings. The molecule has 0 saturated carbocycles. The van der Waals surface area contributed by atoms with Crippen LogP contribution in [-0.2, 0) is 16.1 Å². The standard InChI is InChI=1S/C25H34N2O3/c1-19-7-9-24(30-19)22-5-2-4-21(16-22)18-27-13-11-20(12-14-27)8-10-25(28)26-17-23-6-3-15-29-23/h2,4-5,7,9,16,20,23H,3,6,8,10-15,17-18H2,1H3,(H,26,28). The van der Waals surface area contributed by atoms with Gasteiger partial charge in [-0.2, -0.15) is 0 Å². The van der Waals surface area contributed by atoms with Crippen molar-refractivity contribution in [3.8, 4) is 11.3 Å². The fourth-order valence-electron chi connectivity index (χ4n) is 4.56. The molecule has 1 aromatic heterocycles. The highest BCUT2D eigenvalue weighted by Crippen LogP contribution is 2.26. The van der Waals surface area contributed by atoms with Gasteiger partial charge in [-0.25, -0.2) is 0 Å². The fraction of sp³-hybridized carbons (Fsp3) is 0.560. The number of ether oxygens (including phenoxy) is 1. The summed E-state index contributed by atoms with van der Waals surface area (Å²) in [5.41, 5.74) is 2.47. The maximum absolute atomic E-state index is 12.1. The number of hydrogen-bond donors (Lipinski definition) is 1. The Morgan fingerprint density at radius 1 is 1.17 bits per heavy atom. The average Bonchev–Trinajstić information content (AvgIpc) is 3.44. The minimum absolute atomic E-state index is 0.179. The highest BCUT2D eigenvalue weighted by Gasteiger charge is 2.21. The van der Waals surface area contributed by atoms with E-state index >= 15 is 0 Å². The number of carbonyl (C=O) groups is 1. The number of aryl methyl sites for hydroxylation is 1. The normalized spacial score (nSPS) is 20.5. The summed E-state index contributed by atoms with van der Waals surface area (Å²) in [6, 6.07) is 12.7. The van der Waals surface area contributed by atoms with Gasteiger partial charge >= 0.3 is 0 Å². The molecule has 4 rings (SSSR count). The Hall–Kier alpha value is -2.11. The number of nitrogens with zero attached hydrogens (tertiary/aromatic N) is 1. The first kappa shape index (κ1) is 21.1. The summed E-state index contributed by atoms with van der Waals surface area (Å²) in [6.07, 6.45) is 6.41. The average molecular weight is 411 g/mol. The number of hydrogen-bond acceptors (Lipinski definition) is 4. The van der Waals surface area contributed by atoms with Crippen molar-refractivity contribution < 1.29 is 13.9 Å². The quantitative estimate of drug-likeness (QED) is 0.694. The Kier molecular flexibility index (Phi) is 7.24. The molecule has 2 saturated heterocycles. The van der Waals surface area contributed by atoms with Crippen LogP contribution in [0.2, 0.25) is 0 Å². The Balaban J connectivity index is 1.17. The second-order valence-electron chi connectivity index (χ2n) is 8.81. The third-order valence-electron chi connectivity index (χ3n) is 6.40. The second kappa shape index (κ2) is 10.3. The molecule has 5 nitrogen and oxygen atoms in total. The Bertz CT molecular complexity index is 817. The third kappa shape index (κ3) is 5.96. The van der Waals surface area contributed by atoms with Crippen LogP contribution in [0.4, 0.5) is 0 Å². The van der Waals surface area contributed by atoms with Crippen LogP contribution in [-0.4, -0.2) is 43.2 Å². The van der Waals surface area contributed by atoms with Gasteiger partial charge in [0.25, 0.3) is 0 Å². The highest BCUT2D eigenvalue weighted by molar-refractivity contribution is 5.75. The predicted octanol–water partition coefficient (Wildman–Crippen LogP) is 4.54. The largest absolute Gasteiger partial charge is 0.461 e. The summed E-state index contributed by atoms with van der Waals surface area (Å²) in [5, 5.41) is 3.04. The van der Waals surface area contributed by atoms with Gasteiger partial charge in [-0.3, -0.25) is 9.69 Å². The van der Waals surface area contributed by atoms with E-state index in [1.54, 1.807) is 0 Å². The van der Waals surface area contributed by atoms with Crippen molar-refractivity contribution >= 4 is 5.91 Å². The molecule has 30 heavy (non-hydrogen) atoms. The van der Waals surface area contributed by atoms with Crippen molar-refractivity contribution in [1.82, 2.24) is 10.2 Å². The molecule has 162 valence electrons. The van der Waals surface area contributed by atoms with Gasteiger partial charge in [0.1, 0.15) is 11.5 Å². The predicted molar refractivity (Wildman–Crippen MR) is 118 cm³/mol. The number of nitrogens with one attached hydrogen (secondary N) is 1. The monoisotopic (exact) mass is 410 g/mol. The Morgan fingerprint density at radius 2 is 2.03 bits per heavy atom. The minimum atomic E-state index is 0.179. The highest BCUT2D eigenvalue weighted by atomic mass is 16.5. The van der Waals surface area contributed by atoms with E-state index in [2.05, 4.69) is 34.5 Å². The lowest BCUT2D eigenvalue weighted by Crippen LogP contribution is -2.34. The van der Waals surface area contributed by atoms with E-state index in [9.17, 15) is 4.79 Å². The van der Waals surface area contributed by atoms with E-state index in [0.717, 1.165) is 62.6 Å². The van der Waals surface area contributed by atoms with Crippen molar-refractivity contribution in [2.75, 3.05) is 26.2 Å². The summed E-state index contributed by atoms with van der Waals surface area (Å²) < 4.78 is 11.3. The first-order valence-electron chi connectivity index (χ1n) is 11.4. The molecule has 1 amide bonds. The van der Waals surface area contributed by atoms with Crippen molar-refractivity contribution in [2.24, 2.45) is 5.92 Å². The third-order valence-corrected chi connectivity index (χ3v) is 6.40. The molecule has 1 aromatic carbocycles. The minimum Gasteiger partial charge on any atom is -0.461 e. The maximum atomic E-state index is 12.1. The molecule has 0 aliphatic carbocycles. The molecule has 2 aliphatic rings. The number of amides is 1. The van der Waals surface area contributed by atoms with Crippen LogP contribution in [0.25, 0.3) is 11.3 Å². The molecule has 0 spiro atoms. The first-order valence-corrected chi connectivity index (χ1v) is 11.4. The SMILES string of the molecule is Cc1ccc(-c2cccc(CN3CCC(CCC(=O)NCC4CCCO4)CC3)c2)o1. The van der Waals surface area contributed by atoms with Crippen molar-refractivity contribution in [3.05, 3.63) is 47.7 Å². The number of carbonyl (C=O) groups excluding carboxylic acids is 1. The second-order valence-corrected chi connectivity index (χ2v) is 8.81. The van der Waals surface area contributed by atoms with Gasteiger partial charge in [0.15, 0.2) is 0 Å². The molecular weight excluding hydrogens is 376 g/mol. The zero-order chi connectivity index (χ0) is 20.8. The van der Waals surface area contributed by atoms with Crippen LogP contribution in [0.1, 0.15) is 49.8 Å². The van der Waals surface area contributed by atoms with Gasteiger partial charge in [-0.15, -0.1) is 0 Å². The van der Waals surface area contributed by atoms with Crippen LogP contribution in [0.15, 0.2) is 40.8 Å². The van der Waals surface area contributed by atoms with Crippen LogP contribution in [0.5, 0.6) is 0 Å². The van der Waals surface area contributed by atoms with Gasteiger partial charge in [0.2, 0.25) is 5.91 Å². The van der Waals surface area contributed by atoms with E-state index in [1.807, 2.05) is 19.1 Å². The number of furan rings is 1. The van der Waals surface area contributed by atoms with Crippen molar-refractivity contribution in [3.63, 3.8) is 0 Å². The van der Waals surface area contributed by atoms with Crippen LogP contribution >= 0.6 is 0 Å². The lowest BCUT2D eigenvalue weighted by Gasteiger charge is -2.32. The van der Waals surface area contributed by atoms with Gasteiger partial charge < -0.3 is 14.5 Å². The van der Waals surface area contributed by atoms with E-state index in [1.165, 1.54) is 18.4 Å². The van der Waals surface area contributed by atoms with E-state index in [4.69, 9.17) is 9.15 Å². The van der Waals surface area contributed by atoms with E-state index < -0.39 is 0 Å². The zero-order valence-corrected chi connectivity index (χ0v) is 18.1. The van der Waals surface area contributed by atoms with Crippen LogP contribution in [0.3, 0.4) is 0 Å². The Labute approximate surface area is 179 Å². The molecule has 2 aliphatic heterocycles. The zero-order valence-electron chi connectivity index (χ0n) is 18.1. The van der Waals surface area contributed by atoms with Gasteiger partial charge in [-0.05, 0) is 81.8 Å². The number of piperidine rings is 1. The smallest absolute Gasteiger partial charge is 0.220 e. The fourth-order valence-corrected chi connectivity index (χ4v) is 4.56. The van der Waals surface area contributed by atoms with Crippen LogP contribution < -0.4 is 5.32 Å². The van der Waals surface area contributed by atoms with Crippen molar-refractivity contribution in [2.45, 2.75) is 58.1 Å². The summed E-state index contributed by atoms with van der Waals surface area (Å²) >= 11 is 0.